The van der Waals surface area contributed by atoms with Gasteiger partial charge in [0.25, 0.3) is 0 Å². The number of allylic oxidation sites excluding steroid dienone is 2. The number of para-hydroxylation sites is 1. The van der Waals surface area contributed by atoms with Crippen molar-refractivity contribution >= 4 is 5.91 Å². The van der Waals surface area contributed by atoms with Crippen LogP contribution in [0.15, 0.2) is 36.4 Å². The molecular formula is C17H21NO2. The van der Waals surface area contributed by atoms with E-state index in [1.807, 2.05) is 18.2 Å². The highest BCUT2D eigenvalue weighted by molar-refractivity contribution is 5.77. The van der Waals surface area contributed by atoms with Gasteiger partial charge in [0, 0.05) is 12.0 Å². The Balaban J connectivity index is 1.67. The summed E-state index contributed by atoms with van der Waals surface area (Å²) in [4.78, 5) is 12.2. The topological polar surface area (TPSA) is 38.3 Å². The summed E-state index contributed by atoms with van der Waals surface area (Å²) in [7, 11) is 0. The lowest BCUT2D eigenvalue weighted by Gasteiger charge is -2.19. The van der Waals surface area contributed by atoms with Crippen molar-refractivity contribution in [2.45, 2.75) is 38.1 Å². The highest BCUT2D eigenvalue weighted by atomic mass is 16.5. The minimum atomic E-state index is 0.0894. The maximum atomic E-state index is 12.2. The Labute approximate surface area is 120 Å². The van der Waals surface area contributed by atoms with Gasteiger partial charge in [-0.15, -0.1) is 0 Å². The first-order valence-electron chi connectivity index (χ1n) is 7.50. The Bertz CT molecular complexity index is 509. The number of amides is 1. The number of hydrogen-bond acceptors (Lipinski definition) is 2. The lowest BCUT2D eigenvalue weighted by molar-refractivity contribution is -0.122. The van der Waals surface area contributed by atoms with Gasteiger partial charge in [-0.25, -0.2) is 0 Å². The second kappa shape index (κ2) is 6.12. The van der Waals surface area contributed by atoms with Crippen LogP contribution in [0.4, 0.5) is 0 Å². The Morgan fingerprint density at radius 1 is 1.30 bits per heavy atom. The number of fused-ring (bicyclic) bond motifs is 1. The molecule has 1 aromatic carbocycles. The van der Waals surface area contributed by atoms with E-state index in [0.29, 0.717) is 12.3 Å². The lowest BCUT2D eigenvalue weighted by Crippen LogP contribution is -2.29. The number of hydrogen-bond donors (Lipinski definition) is 1. The monoisotopic (exact) mass is 271 g/mol. The van der Waals surface area contributed by atoms with Gasteiger partial charge in [0.15, 0.2) is 0 Å². The molecule has 1 aromatic rings. The smallest absolute Gasteiger partial charge is 0.221 e. The van der Waals surface area contributed by atoms with Crippen molar-refractivity contribution in [3.05, 3.63) is 42.0 Å². The van der Waals surface area contributed by atoms with Crippen molar-refractivity contribution in [2.75, 3.05) is 6.61 Å². The van der Waals surface area contributed by atoms with Crippen LogP contribution < -0.4 is 10.1 Å². The fraction of sp³-hybridized carbons (Fsp3) is 0.471. The Morgan fingerprint density at radius 2 is 2.20 bits per heavy atom. The summed E-state index contributed by atoms with van der Waals surface area (Å²) in [5, 5.41) is 3.19. The molecule has 1 heterocycles. The van der Waals surface area contributed by atoms with E-state index in [1.165, 1.54) is 0 Å². The van der Waals surface area contributed by atoms with Crippen molar-refractivity contribution in [1.29, 1.82) is 0 Å². The fourth-order valence-electron chi connectivity index (χ4n) is 3.03. The van der Waals surface area contributed by atoms with Crippen LogP contribution in [-0.2, 0) is 4.79 Å². The Hall–Kier alpha value is -1.77. The van der Waals surface area contributed by atoms with Crippen LogP contribution in [0.2, 0.25) is 0 Å². The zero-order valence-corrected chi connectivity index (χ0v) is 11.7. The standard InChI is InChI=1S/C17H21NO2/c19-17(12-13-6-1-2-7-13)18-15-9-5-11-20-16-10-4-3-8-14(15)16/h1,3-4,6,8,10,13,15H,2,5,7,9,11-12H2,(H,18,19). The first-order valence-corrected chi connectivity index (χ1v) is 7.50. The molecule has 0 radical (unpaired) electrons. The summed E-state index contributed by atoms with van der Waals surface area (Å²) in [5.41, 5.74) is 1.11. The lowest BCUT2D eigenvalue weighted by atomic mass is 10.0. The molecule has 0 saturated carbocycles. The van der Waals surface area contributed by atoms with Crippen LogP contribution in [0, 0.1) is 5.92 Å². The van der Waals surface area contributed by atoms with Crippen molar-refractivity contribution < 1.29 is 9.53 Å². The maximum absolute atomic E-state index is 12.2. The Kier molecular flexibility index (Phi) is 4.05. The molecule has 3 rings (SSSR count). The van der Waals surface area contributed by atoms with Crippen LogP contribution in [0.3, 0.4) is 0 Å². The number of carbonyl (C=O) groups is 1. The van der Waals surface area contributed by atoms with Crippen molar-refractivity contribution in [3.63, 3.8) is 0 Å². The quantitative estimate of drug-likeness (QED) is 0.856. The van der Waals surface area contributed by atoms with E-state index in [1.54, 1.807) is 0 Å². The zero-order chi connectivity index (χ0) is 13.8. The summed E-state index contributed by atoms with van der Waals surface area (Å²) in [5.74, 6) is 1.49. The predicted molar refractivity (Wildman–Crippen MR) is 78.5 cm³/mol. The van der Waals surface area contributed by atoms with Crippen LogP contribution in [0.25, 0.3) is 0 Å². The van der Waals surface area contributed by atoms with Crippen molar-refractivity contribution in [3.8, 4) is 5.75 Å². The maximum Gasteiger partial charge on any atom is 0.221 e. The number of ether oxygens (including phenoxy) is 1. The van der Waals surface area contributed by atoms with Gasteiger partial charge in [0.05, 0.1) is 12.6 Å². The molecule has 0 spiro atoms. The molecule has 20 heavy (non-hydrogen) atoms. The van der Waals surface area contributed by atoms with Crippen molar-refractivity contribution in [2.24, 2.45) is 5.92 Å². The number of nitrogens with one attached hydrogen (secondary N) is 1. The molecule has 1 aliphatic heterocycles. The summed E-state index contributed by atoms with van der Waals surface area (Å²) in [6, 6.07) is 8.12. The van der Waals surface area contributed by atoms with Crippen LogP contribution in [-0.4, -0.2) is 12.5 Å². The van der Waals surface area contributed by atoms with Gasteiger partial charge in [-0.1, -0.05) is 30.4 Å². The van der Waals surface area contributed by atoms with Gasteiger partial charge < -0.3 is 10.1 Å². The summed E-state index contributed by atoms with van der Waals surface area (Å²) >= 11 is 0. The van der Waals surface area contributed by atoms with E-state index < -0.39 is 0 Å². The van der Waals surface area contributed by atoms with E-state index >= 15 is 0 Å². The molecule has 1 aliphatic carbocycles. The van der Waals surface area contributed by atoms with Crippen LogP contribution >= 0.6 is 0 Å². The molecular weight excluding hydrogens is 250 g/mol. The molecule has 2 unspecified atom stereocenters. The average molecular weight is 271 g/mol. The largest absolute Gasteiger partial charge is 0.493 e. The minimum absolute atomic E-state index is 0.0894. The third-order valence-electron chi connectivity index (χ3n) is 4.08. The van der Waals surface area contributed by atoms with E-state index in [4.69, 9.17) is 4.74 Å². The third-order valence-corrected chi connectivity index (χ3v) is 4.08. The second-order valence-corrected chi connectivity index (χ2v) is 5.62. The molecule has 1 amide bonds. The van der Waals surface area contributed by atoms with Crippen LogP contribution in [0.5, 0.6) is 5.75 Å². The first-order chi connectivity index (χ1) is 9.83. The molecule has 3 heteroatoms. The van der Waals surface area contributed by atoms with E-state index in [9.17, 15) is 4.79 Å². The first kappa shape index (κ1) is 13.2. The number of benzene rings is 1. The van der Waals surface area contributed by atoms with Crippen molar-refractivity contribution in [1.82, 2.24) is 5.32 Å². The van der Waals surface area contributed by atoms with Gasteiger partial charge in [0.1, 0.15) is 5.75 Å². The number of rotatable bonds is 3. The fourth-order valence-corrected chi connectivity index (χ4v) is 3.03. The Morgan fingerprint density at radius 3 is 3.05 bits per heavy atom. The van der Waals surface area contributed by atoms with E-state index in [0.717, 1.165) is 43.6 Å². The zero-order valence-electron chi connectivity index (χ0n) is 11.7. The summed E-state index contributed by atoms with van der Waals surface area (Å²) in [6.45, 7) is 0.731. The SMILES string of the molecule is O=C(CC1C=CCC1)NC1CCCOc2ccccc21. The molecule has 0 fully saturated rings. The molecule has 0 bridgehead atoms. The molecule has 3 nitrogen and oxygen atoms in total. The highest BCUT2D eigenvalue weighted by Crippen LogP contribution is 2.31. The molecule has 0 aromatic heterocycles. The van der Waals surface area contributed by atoms with E-state index in [2.05, 4.69) is 23.5 Å². The van der Waals surface area contributed by atoms with Gasteiger partial charge in [-0.3, -0.25) is 4.79 Å². The molecule has 1 N–H and O–H groups in total. The van der Waals surface area contributed by atoms with Gasteiger partial charge in [-0.05, 0) is 37.7 Å². The average Bonchev–Trinajstić information content (AvgIpc) is 2.87. The highest BCUT2D eigenvalue weighted by Gasteiger charge is 2.22. The van der Waals surface area contributed by atoms with Gasteiger partial charge in [-0.2, -0.15) is 0 Å². The molecule has 106 valence electrons. The van der Waals surface area contributed by atoms with Crippen LogP contribution in [0.1, 0.15) is 43.7 Å². The minimum Gasteiger partial charge on any atom is -0.493 e. The molecule has 0 saturated heterocycles. The normalized spacial score (nSPS) is 24.6. The number of carbonyl (C=O) groups excluding carboxylic acids is 1. The third kappa shape index (κ3) is 3.03. The summed E-state index contributed by atoms with van der Waals surface area (Å²) < 4.78 is 5.73. The molecule has 2 atom stereocenters. The van der Waals surface area contributed by atoms with Gasteiger partial charge >= 0.3 is 0 Å². The second-order valence-electron chi connectivity index (χ2n) is 5.62. The predicted octanol–water partition coefficient (Wildman–Crippen LogP) is 3.37. The van der Waals surface area contributed by atoms with E-state index in [-0.39, 0.29) is 11.9 Å². The van der Waals surface area contributed by atoms with Gasteiger partial charge in [0.2, 0.25) is 5.91 Å². The molecule has 2 aliphatic rings. The summed E-state index contributed by atoms with van der Waals surface area (Å²) in [6.07, 6.45) is 9.09.